The average Bonchev–Trinajstić information content (AvgIpc) is 2.97. The van der Waals surface area contributed by atoms with Crippen molar-refractivity contribution in [1.82, 2.24) is 4.40 Å². The molecule has 0 fully saturated rings. The van der Waals surface area contributed by atoms with Crippen LogP contribution in [0.25, 0.3) is 5.52 Å². The molecule has 5 nitrogen and oxygen atoms in total. The van der Waals surface area contributed by atoms with Gasteiger partial charge in [0.15, 0.2) is 0 Å². The van der Waals surface area contributed by atoms with Crippen LogP contribution < -0.4 is 4.74 Å². The maximum Gasteiger partial charge on any atom is 0.338 e. The summed E-state index contributed by atoms with van der Waals surface area (Å²) >= 11 is 3.46. The summed E-state index contributed by atoms with van der Waals surface area (Å²) in [4.78, 5) is 24.7. The minimum Gasteiger partial charge on any atom is -0.497 e. The van der Waals surface area contributed by atoms with Crippen LogP contribution in [-0.4, -0.2) is 29.9 Å². The van der Waals surface area contributed by atoms with Crippen LogP contribution >= 0.6 is 15.9 Å². The maximum atomic E-state index is 12.8. The first kappa shape index (κ1) is 17.2. The number of nitrogens with zero attached hydrogens (tertiary/aromatic N) is 1. The molecule has 0 amide bonds. The highest BCUT2D eigenvalue weighted by molar-refractivity contribution is 9.10. The molecular weight excluding hydrogens is 386 g/mol. The molecule has 3 rings (SSSR count). The highest BCUT2D eigenvalue weighted by atomic mass is 79.9. The Morgan fingerprint density at radius 3 is 2.44 bits per heavy atom. The number of ether oxygens (including phenoxy) is 2. The lowest BCUT2D eigenvalue weighted by atomic mass is 10.1. The highest BCUT2D eigenvalue weighted by Crippen LogP contribution is 2.26. The van der Waals surface area contributed by atoms with Crippen molar-refractivity contribution in [2.24, 2.45) is 0 Å². The van der Waals surface area contributed by atoms with Crippen molar-refractivity contribution in [3.8, 4) is 5.75 Å². The van der Waals surface area contributed by atoms with Gasteiger partial charge in [0.25, 0.3) is 0 Å². The van der Waals surface area contributed by atoms with E-state index in [0.29, 0.717) is 29.2 Å². The number of benzene rings is 1. The summed E-state index contributed by atoms with van der Waals surface area (Å²) in [6, 6.07) is 12.0. The van der Waals surface area contributed by atoms with Gasteiger partial charge in [-0.3, -0.25) is 4.79 Å². The van der Waals surface area contributed by atoms with Crippen molar-refractivity contribution in [3.63, 3.8) is 0 Å². The molecule has 0 aliphatic carbocycles. The Labute approximate surface area is 153 Å². The van der Waals surface area contributed by atoms with E-state index in [1.165, 1.54) is 0 Å². The maximum absolute atomic E-state index is 12.8. The van der Waals surface area contributed by atoms with Crippen molar-refractivity contribution >= 4 is 33.2 Å². The predicted molar refractivity (Wildman–Crippen MR) is 97.5 cm³/mol. The van der Waals surface area contributed by atoms with E-state index in [4.69, 9.17) is 9.47 Å². The molecule has 2 heterocycles. The Bertz CT molecular complexity index is 944. The summed E-state index contributed by atoms with van der Waals surface area (Å²) in [5.41, 5.74) is 2.23. The van der Waals surface area contributed by atoms with E-state index in [0.717, 1.165) is 9.99 Å². The minimum atomic E-state index is -0.388. The molecule has 0 atom stereocenters. The highest BCUT2D eigenvalue weighted by Gasteiger charge is 2.18. The zero-order valence-electron chi connectivity index (χ0n) is 13.8. The van der Waals surface area contributed by atoms with E-state index in [-0.39, 0.29) is 11.8 Å². The second-order valence-corrected chi connectivity index (χ2v) is 6.18. The fourth-order valence-corrected chi connectivity index (χ4v) is 3.09. The Hall–Kier alpha value is -2.60. The Balaban J connectivity index is 2.01. The molecule has 25 heavy (non-hydrogen) atoms. The number of halogens is 1. The molecular formula is C19H16BrNO4. The molecule has 2 aromatic heterocycles. The molecule has 0 N–H and O–H groups in total. The van der Waals surface area contributed by atoms with Gasteiger partial charge in [0.2, 0.25) is 5.78 Å². The number of ketones is 1. The van der Waals surface area contributed by atoms with Gasteiger partial charge in [-0.05, 0) is 65.3 Å². The topological polar surface area (TPSA) is 57.0 Å². The first-order chi connectivity index (χ1) is 12.0. The quantitative estimate of drug-likeness (QED) is 0.476. The summed E-state index contributed by atoms with van der Waals surface area (Å²) in [6.45, 7) is 2.07. The van der Waals surface area contributed by atoms with Crippen molar-refractivity contribution in [2.75, 3.05) is 13.7 Å². The van der Waals surface area contributed by atoms with E-state index < -0.39 is 0 Å². The van der Waals surface area contributed by atoms with E-state index >= 15 is 0 Å². The lowest BCUT2D eigenvalue weighted by Crippen LogP contribution is -2.07. The number of aromatic nitrogens is 1. The molecule has 0 radical (unpaired) electrons. The first-order valence-corrected chi connectivity index (χ1v) is 8.51. The number of esters is 1. The Morgan fingerprint density at radius 1 is 1.08 bits per heavy atom. The van der Waals surface area contributed by atoms with Gasteiger partial charge < -0.3 is 13.9 Å². The Kier molecular flexibility index (Phi) is 4.90. The number of methoxy groups -OCH3 is 1. The van der Waals surface area contributed by atoms with Crippen LogP contribution in [0.2, 0.25) is 0 Å². The lowest BCUT2D eigenvalue weighted by molar-refractivity contribution is 0.0526. The third kappa shape index (κ3) is 3.30. The lowest BCUT2D eigenvalue weighted by Gasteiger charge is -2.06. The van der Waals surface area contributed by atoms with Crippen molar-refractivity contribution in [1.29, 1.82) is 0 Å². The van der Waals surface area contributed by atoms with E-state index in [1.54, 1.807) is 67.1 Å². The molecule has 0 bridgehead atoms. The standard InChI is InChI=1S/C19H16BrNO4/c1-3-25-19(23)13-8-9-21-16(10-13)15(20)11-17(21)18(22)12-4-6-14(24-2)7-5-12/h4-11H,3H2,1-2H3. The number of carbonyl (C=O) groups excluding carboxylic acids is 2. The molecule has 1 aromatic carbocycles. The number of pyridine rings is 1. The number of fused-ring (bicyclic) bond motifs is 1. The van der Waals surface area contributed by atoms with Gasteiger partial charge in [0.05, 0.1) is 30.5 Å². The molecule has 0 aliphatic heterocycles. The molecule has 0 saturated carbocycles. The second-order valence-electron chi connectivity index (χ2n) is 5.33. The fourth-order valence-electron chi connectivity index (χ4n) is 2.56. The molecule has 3 aromatic rings. The van der Waals surface area contributed by atoms with Gasteiger partial charge in [-0.15, -0.1) is 0 Å². The smallest absolute Gasteiger partial charge is 0.338 e. The second kappa shape index (κ2) is 7.11. The number of hydrogen-bond acceptors (Lipinski definition) is 4. The summed E-state index contributed by atoms with van der Waals surface area (Å²) in [6.07, 6.45) is 1.70. The number of hydrogen-bond donors (Lipinski definition) is 0. The van der Waals surface area contributed by atoms with Crippen molar-refractivity contribution in [2.45, 2.75) is 6.92 Å². The summed E-state index contributed by atoms with van der Waals surface area (Å²) in [5.74, 6) is 0.185. The van der Waals surface area contributed by atoms with Gasteiger partial charge in [0, 0.05) is 16.2 Å². The third-order valence-corrected chi connectivity index (χ3v) is 4.45. The summed E-state index contributed by atoms with van der Waals surface area (Å²) in [5, 5.41) is 0. The van der Waals surface area contributed by atoms with Gasteiger partial charge in [-0.1, -0.05) is 0 Å². The number of rotatable bonds is 5. The SMILES string of the molecule is CCOC(=O)c1ccn2c(C(=O)c3ccc(OC)cc3)cc(Br)c2c1. The van der Waals surface area contributed by atoms with Crippen LogP contribution in [0, 0.1) is 0 Å². The van der Waals surface area contributed by atoms with Crippen molar-refractivity contribution in [3.05, 3.63) is 70.0 Å². The average molecular weight is 402 g/mol. The van der Waals surface area contributed by atoms with Gasteiger partial charge >= 0.3 is 5.97 Å². The van der Waals surface area contributed by atoms with Crippen LogP contribution in [0.4, 0.5) is 0 Å². The Morgan fingerprint density at radius 2 is 1.80 bits per heavy atom. The fraction of sp³-hybridized carbons (Fsp3) is 0.158. The first-order valence-electron chi connectivity index (χ1n) is 7.71. The molecule has 128 valence electrons. The van der Waals surface area contributed by atoms with E-state index in [2.05, 4.69) is 15.9 Å². The van der Waals surface area contributed by atoms with Crippen LogP contribution in [0.5, 0.6) is 5.75 Å². The summed E-state index contributed by atoms with van der Waals surface area (Å²) < 4.78 is 12.6. The molecule has 0 unspecified atom stereocenters. The zero-order valence-corrected chi connectivity index (χ0v) is 15.4. The molecule has 0 aliphatic rings. The molecule has 6 heteroatoms. The van der Waals surface area contributed by atoms with Crippen LogP contribution in [0.3, 0.4) is 0 Å². The van der Waals surface area contributed by atoms with Crippen LogP contribution in [-0.2, 0) is 4.74 Å². The van der Waals surface area contributed by atoms with Gasteiger partial charge in [-0.2, -0.15) is 0 Å². The molecule has 0 saturated heterocycles. The monoisotopic (exact) mass is 401 g/mol. The van der Waals surface area contributed by atoms with Gasteiger partial charge in [0.1, 0.15) is 5.75 Å². The largest absolute Gasteiger partial charge is 0.497 e. The van der Waals surface area contributed by atoms with Crippen LogP contribution in [0.1, 0.15) is 33.3 Å². The van der Waals surface area contributed by atoms with Crippen molar-refractivity contribution < 1.29 is 19.1 Å². The minimum absolute atomic E-state index is 0.118. The van der Waals surface area contributed by atoms with E-state index in [9.17, 15) is 9.59 Å². The predicted octanol–water partition coefficient (Wildman–Crippen LogP) is 4.12. The zero-order chi connectivity index (χ0) is 18.0. The normalized spacial score (nSPS) is 10.7. The van der Waals surface area contributed by atoms with E-state index in [1.807, 2.05) is 0 Å². The van der Waals surface area contributed by atoms with Gasteiger partial charge in [-0.25, -0.2) is 4.79 Å². The van der Waals surface area contributed by atoms with Crippen LogP contribution in [0.15, 0.2) is 53.1 Å². The summed E-state index contributed by atoms with van der Waals surface area (Å²) in [7, 11) is 1.58. The molecule has 0 spiro atoms. The third-order valence-electron chi connectivity index (χ3n) is 3.82. The number of carbonyl (C=O) groups is 2.